The fourth-order valence-corrected chi connectivity index (χ4v) is 8.59. The maximum absolute atomic E-state index is 14.6. The highest BCUT2D eigenvalue weighted by Gasteiger charge is 2.73. The predicted octanol–water partition coefficient (Wildman–Crippen LogP) is 6.78. The van der Waals surface area contributed by atoms with Crippen LogP contribution in [0.1, 0.15) is 88.3 Å². The number of halogens is 1. The zero-order chi connectivity index (χ0) is 27.5. The number of aromatic nitrogens is 4. The monoisotopic (exact) mass is 551 g/mol. The second-order valence-corrected chi connectivity index (χ2v) is 14.0. The zero-order valence-corrected chi connectivity index (χ0v) is 23.2. The van der Waals surface area contributed by atoms with Gasteiger partial charge in [-0.05, 0) is 106 Å². The highest BCUT2D eigenvalue weighted by atomic mass is 19.1. The fourth-order valence-electron chi connectivity index (χ4n) is 8.59. The summed E-state index contributed by atoms with van der Waals surface area (Å²) in [5.74, 6) is 2.33. The van der Waals surface area contributed by atoms with Crippen LogP contribution in [0, 0.1) is 10.8 Å². The van der Waals surface area contributed by atoms with Crippen LogP contribution in [-0.2, 0) is 10.2 Å². The van der Waals surface area contributed by atoms with Gasteiger partial charge in [0.2, 0.25) is 11.8 Å². The molecule has 7 nitrogen and oxygen atoms in total. The van der Waals surface area contributed by atoms with E-state index in [2.05, 4.69) is 28.3 Å². The van der Waals surface area contributed by atoms with Crippen molar-refractivity contribution in [1.82, 2.24) is 19.5 Å². The van der Waals surface area contributed by atoms with Crippen molar-refractivity contribution in [2.75, 3.05) is 11.4 Å². The number of pyridine rings is 1. The van der Waals surface area contributed by atoms with Gasteiger partial charge in [-0.15, -0.1) is 0 Å². The molecule has 7 aliphatic rings. The topological polar surface area (TPSA) is 76.5 Å². The molecule has 8 heteroatoms. The van der Waals surface area contributed by atoms with Crippen molar-refractivity contribution in [3.05, 3.63) is 66.7 Å². The Kier molecular flexibility index (Phi) is 4.73. The van der Waals surface area contributed by atoms with E-state index in [4.69, 9.17) is 9.51 Å². The molecule has 3 heterocycles. The first-order valence-corrected chi connectivity index (χ1v) is 15.2. The molecule has 0 spiro atoms. The van der Waals surface area contributed by atoms with Gasteiger partial charge in [0.05, 0.1) is 5.41 Å². The molecule has 0 atom stereocenters. The van der Waals surface area contributed by atoms with Crippen LogP contribution in [0.25, 0.3) is 16.8 Å². The van der Waals surface area contributed by atoms with Crippen molar-refractivity contribution in [1.29, 1.82) is 0 Å². The molecule has 0 N–H and O–H groups in total. The van der Waals surface area contributed by atoms with Crippen LogP contribution < -0.4 is 4.90 Å². The molecule has 0 radical (unpaired) electrons. The summed E-state index contributed by atoms with van der Waals surface area (Å²) in [6, 6.07) is 12.4. The molecular formula is C33H34FN5O2. The predicted molar refractivity (Wildman–Crippen MR) is 151 cm³/mol. The third-order valence-electron chi connectivity index (χ3n) is 11.3. The Hall–Kier alpha value is -3.55. The Labute approximate surface area is 238 Å². The van der Waals surface area contributed by atoms with Gasteiger partial charge in [-0.2, -0.15) is 4.98 Å². The molecule has 4 bridgehead atoms. The van der Waals surface area contributed by atoms with Crippen molar-refractivity contribution < 1.29 is 13.7 Å². The number of anilines is 1. The van der Waals surface area contributed by atoms with E-state index in [1.54, 1.807) is 6.20 Å². The fraction of sp³-hybridized carbons (Fsp3) is 0.515. The number of hydrogen-bond acceptors (Lipinski definition) is 5. The minimum absolute atomic E-state index is 0.0198. The summed E-state index contributed by atoms with van der Waals surface area (Å²) in [5.41, 5.74) is 2.24. The Morgan fingerprint density at radius 2 is 1.80 bits per heavy atom. The van der Waals surface area contributed by atoms with Gasteiger partial charge < -0.3 is 13.8 Å². The molecule has 0 unspecified atom stereocenters. The van der Waals surface area contributed by atoms with Crippen molar-refractivity contribution in [3.63, 3.8) is 0 Å². The quantitative estimate of drug-likeness (QED) is 0.253. The molecule has 3 aromatic heterocycles. The Balaban J connectivity index is 1.03. The summed E-state index contributed by atoms with van der Waals surface area (Å²) in [6.45, 7) is 0.678. The second-order valence-electron chi connectivity index (χ2n) is 14.0. The smallest absolute Gasteiger partial charge is 0.233 e. The minimum atomic E-state index is -1.11. The van der Waals surface area contributed by atoms with Gasteiger partial charge in [0.15, 0.2) is 5.82 Å². The summed E-state index contributed by atoms with van der Waals surface area (Å²) in [7, 11) is 0. The van der Waals surface area contributed by atoms with Crippen molar-refractivity contribution in [3.8, 4) is 11.1 Å². The molecule has 210 valence electrons. The van der Waals surface area contributed by atoms with Gasteiger partial charge in [0, 0.05) is 47.7 Å². The molecule has 1 amide bonds. The lowest BCUT2D eigenvalue weighted by atomic mass is 9.41. The van der Waals surface area contributed by atoms with E-state index in [1.807, 2.05) is 39.9 Å². The maximum Gasteiger partial charge on any atom is 0.233 e. The lowest BCUT2D eigenvalue weighted by molar-refractivity contribution is -0.211. The highest BCUT2D eigenvalue weighted by molar-refractivity contribution is 6.01. The first-order chi connectivity index (χ1) is 19.9. The standard InChI is InChI=1S/C33H34FN5O2/c34-33-18-32(19-33,20-33)29(40)39(24-4-1-3-23(17-24)25-5-2-15-38-16-14-35-27(25)38)21-30-8-11-31(12-9-30,13-10-30)28-36-26(37-41-28)22-6-7-22/h1-5,14-17,22H,6-13,18-21H2. The average molecular weight is 552 g/mol. The number of alkyl halides is 1. The van der Waals surface area contributed by atoms with Gasteiger partial charge in [0.1, 0.15) is 11.3 Å². The normalized spacial score (nSPS) is 33.4. The first kappa shape index (κ1) is 24.1. The summed E-state index contributed by atoms with van der Waals surface area (Å²) in [5, 5.41) is 4.32. The minimum Gasteiger partial charge on any atom is -0.339 e. The number of rotatable bonds is 7. The molecule has 4 aromatic rings. The molecule has 7 saturated carbocycles. The van der Waals surface area contributed by atoms with Gasteiger partial charge in [-0.3, -0.25) is 4.79 Å². The first-order valence-electron chi connectivity index (χ1n) is 15.2. The molecule has 7 aliphatic carbocycles. The Bertz CT molecular complexity index is 1660. The van der Waals surface area contributed by atoms with Gasteiger partial charge >= 0.3 is 0 Å². The van der Waals surface area contributed by atoms with Crippen LogP contribution in [0.4, 0.5) is 10.1 Å². The van der Waals surface area contributed by atoms with Crippen LogP contribution in [0.3, 0.4) is 0 Å². The van der Waals surface area contributed by atoms with E-state index in [1.165, 1.54) is 12.8 Å². The third kappa shape index (κ3) is 3.55. The largest absolute Gasteiger partial charge is 0.339 e. The van der Waals surface area contributed by atoms with E-state index < -0.39 is 11.1 Å². The van der Waals surface area contributed by atoms with E-state index in [0.29, 0.717) is 31.7 Å². The number of fused-ring (bicyclic) bond motifs is 4. The molecule has 41 heavy (non-hydrogen) atoms. The number of hydrogen-bond donors (Lipinski definition) is 0. The Morgan fingerprint density at radius 3 is 2.54 bits per heavy atom. The van der Waals surface area contributed by atoms with Gasteiger partial charge in [-0.1, -0.05) is 17.3 Å². The highest BCUT2D eigenvalue weighted by Crippen LogP contribution is 2.70. The average Bonchev–Trinajstić information content (AvgIpc) is 3.48. The zero-order valence-electron chi connectivity index (χ0n) is 23.2. The molecule has 11 rings (SSSR count). The van der Waals surface area contributed by atoms with Crippen LogP contribution in [-0.4, -0.2) is 37.6 Å². The summed E-state index contributed by atoms with van der Waals surface area (Å²) in [6.07, 6.45) is 15.4. The van der Waals surface area contributed by atoms with E-state index in [9.17, 15) is 9.18 Å². The number of amides is 1. The molecular weight excluding hydrogens is 517 g/mol. The molecule has 0 aliphatic heterocycles. The van der Waals surface area contributed by atoms with Crippen molar-refractivity contribution in [2.24, 2.45) is 10.8 Å². The van der Waals surface area contributed by atoms with Gasteiger partial charge in [-0.25, -0.2) is 9.37 Å². The summed E-state index contributed by atoms with van der Waals surface area (Å²) >= 11 is 0. The summed E-state index contributed by atoms with van der Waals surface area (Å²) < 4.78 is 22.5. The second kappa shape index (κ2) is 8.05. The molecule has 1 aromatic carbocycles. The number of nitrogens with zero attached hydrogens (tertiary/aromatic N) is 5. The van der Waals surface area contributed by atoms with E-state index in [-0.39, 0.29) is 16.7 Å². The van der Waals surface area contributed by atoms with Crippen LogP contribution >= 0.6 is 0 Å². The van der Waals surface area contributed by atoms with E-state index in [0.717, 1.165) is 72.7 Å². The maximum atomic E-state index is 14.6. The Morgan fingerprint density at radius 1 is 1.02 bits per heavy atom. The van der Waals surface area contributed by atoms with Gasteiger partial charge in [0.25, 0.3) is 0 Å². The van der Waals surface area contributed by atoms with Crippen LogP contribution in [0.5, 0.6) is 0 Å². The lowest BCUT2D eigenvalue weighted by Gasteiger charge is -2.65. The van der Waals surface area contributed by atoms with Crippen LogP contribution in [0.15, 0.2) is 59.5 Å². The number of imidazole rings is 1. The van der Waals surface area contributed by atoms with Crippen molar-refractivity contribution >= 4 is 17.2 Å². The van der Waals surface area contributed by atoms with Crippen molar-refractivity contribution in [2.45, 2.75) is 87.6 Å². The third-order valence-corrected chi connectivity index (χ3v) is 11.3. The molecule has 7 fully saturated rings. The number of carbonyl (C=O) groups is 1. The molecule has 0 saturated heterocycles. The lowest BCUT2D eigenvalue weighted by Crippen LogP contribution is -2.71. The van der Waals surface area contributed by atoms with Crippen LogP contribution in [0.2, 0.25) is 0 Å². The SMILES string of the molecule is O=C(N(CC12CCC(c3nc(C4CC4)no3)(CC1)CC2)c1cccc(-c2cccn3ccnc23)c1)C12CC(F)(C1)C2. The number of benzene rings is 1. The van der Waals surface area contributed by atoms with E-state index >= 15 is 0 Å². The number of carbonyl (C=O) groups excluding carboxylic acids is 1. The summed E-state index contributed by atoms with van der Waals surface area (Å²) in [4.78, 5) is 25.7.